The van der Waals surface area contributed by atoms with Gasteiger partial charge in [0.05, 0.1) is 24.9 Å². The van der Waals surface area contributed by atoms with Crippen LogP contribution in [0.1, 0.15) is 20.8 Å². The van der Waals surface area contributed by atoms with Gasteiger partial charge in [0.15, 0.2) is 0 Å². The summed E-state index contributed by atoms with van der Waals surface area (Å²) in [5.74, 6) is 0.549. The first-order valence-electron chi connectivity index (χ1n) is 9.21. The molecule has 1 saturated heterocycles. The minimum atomic E-state index is -0.588. The second-order valence-corrected chi connectivity index (χ2v) is 6.76. The molecule has 0 radical (unpaired) electrons. The second-order valence-electron chi connectivity index (χ2n) is 6.76. The standard InChI is InChI=1S/C19H30N4O3/c1-4-26-16-8-6-5-7-15(16)22-9-11-23(12-10-22)17(24)13-21-19(25)18(20)14(2)3/h5-8,14,18H,4,9-13,20H2,1-3H3,(H,21,25)/t18-/m0/s1. The molecule has 0 unspecified atom stereocenters. The van der Waals surface area contributed by atoms with Gasteiger partial charge in [-0.25, -0.2) is 0 Å². The molecule has 1 fully saturated rings. The number of nitrogens with one attached hydrogen (secondary N) is 1. The maximum absolute atomic E-state index is 12.3. The number of carbonyl (C=O) groups excluding carboxylic acids is 2. The summed E-state index contributed by atoms with van der Waals surface area (Å²) in [6.45, 7) is 9.04. The third kappa shape index (κ3) is 5.11. The van der Waals surface area contributed by atoms with Crippen molar-refractivity contribution in [3.63, 3.8) is 0 Å². The summed E-state index contributed by atoms with van der Waals surface area (Å²) in [6.07, 6.45) is 0. The number of carbonyl (C=O) groups is 2. The molecule has 26 heavy (non-hydrogen) atoms. The molecule has 7 heteroatoms. The van der Waals surface area contributed by atoms with Gasteiger partial charge < -0.3 is 25.6 Å². The van der Waals surface area contributed by atoms with Crippen molar-refractivity contribution in [2.24, 2.45) is 11.7 Å². The molecule has 1 aliphatic rings. The fraction of sp³-hybridized carbons (Fsp3) is 0.579. The number of hydrogen-bond donors (Lipinski definition) is 2. The van der Waals surface area contributed by atoms with Crippen LogP contribution < -0.4 is 20.7 Å². The predicted octanol–water partition coefficient (Wildman–Crippen LogP) is 0.833. The minimum absolute atomic E-state index is 0.00517. The number of amides is 2. The Morgan fingerprint density at radius 2 is 1.85 bits per heavy atom. The zero-order valence-electron chi connectivity index (χ0n) is 15.9. The van der Waals surface area contributed by atoms with Gasteiger partial charge >= 0.3 is 0 Å². The zero-order chi connectivity index (χ0) is 19.1. The van der Waals surface area contributed by atoms with Crippen LogP contribution in [0.3, 0.4) is 0 Å². The van der Waals surface area contributed by atoms with Crippen LogP contribution in [-0.2, 0) is 9.59 Å². The number of para-hydroxylation sites is 2. The lowest BCUT2D eigenvalue weighted by molar-refractivity contribution is -0.133. The molecule has 0 aromatic heterocycles. The van der Waals surface area contributed by atoms with Crippen molar-refractivity contribution in [2.45, 2.75) is 26.8 Å². The lowest BCUT2D eigenvalue weighted by Crippen LogP contribution is -2.53. The molecule has 1 atom stereocenters. The topological polar surface area (TPSA) is 87.9 Å². The first kappa shape index (κ1) is 20.0. The average Bonchev–Trinajstić information content (AvgIpc) is 2.66. The Hall–Kier alpha value is -2.28. The second kappa shape index (κ2) is 9.43. The van der Waals surface area contributed by atoms with Crippen molar-refractivity contribution >= 4 is 17.5 Å². The number of anilines is 1. The van der Waals surface area contributed by atoms with E-state index in [2.05, 4.69) is 10.2 Å². The van der Waals surface area contributed by atoms with Crippen LogP contribution in [0.15, 0.2) is 24.3 Å². The average molecular weight is 362 g/mol. The van der Waals surface area contributed by atoms with Crippen molar-refractivity contribution in [1.29, 1.82) is 0 Å². The van der Waals surface area contributed by atoms with E-state index in [9.17, 15) is 9.59 Å². The molecule has 3 N–H and O–H groups in total. The third-order valence-electron chi connectivity index (χ3n) is 4.57. The summed E-state index contributed by atoms with van der Waals surface area (Å²) in [5.41, 5.74) is 6.84. The lowest BCUT2D eigenvalue weighted by atomic mass is 10.1. The highest BCUT2D eigenvalue weighted by molar-refractivity contribution is 5.87. The lowest BCUT2D eigenvalue weighted by Gasteiger charge is -2.36. The molecule has 2 amide bonds. The number of nitrogens with two attached hydrogens (primary N) is 1. The normalized spacial score (nSPS) is 15.7. The SMILES string of the molecule is CCOc1ccccc1N1CCN(C(=O)CNC(=O)[C@@H](N)C(C)C)CC1. The highest BCUT2D eigenvalue weighted by Crippen LogP contribution is 2.28. The van der Waals surface area contributed by atoms with E-state index in [1.807, 2.05) is 45.0 Å². The van der Waals surface area contributed by atoms with Gasteiger partial charge in [-0.3, -0.25) is 9.59 Å². The maximum atomic E-state index is 12.3. The summed E-state index contributed by atoms with van der Waals surface area (Å²) in [5, 5.41) is 2.64. The van der Waals surface area contributed by atoms with Gasteiger partial charge in [-0.05, 0) is 25.0 Å². The van der Waals surface area contributed by atoms with Gasteiger partial charge in [0, 0.05) is 26.2 Å². The quantitative estimate of drug-likeness (QED) is 0.750. The van der Waals surface area contributed by atoms with Gasteiger partial charge in [0.2, 0.25) is 11.8 Å². The first-order valence-corrected chi connectivity index (χ1v) is 9.21. The van der Waals surface area contributed by atoms with E-state index >= 15 is 0 Å². The van der Waals surface area contributed by atoms with E-state index in [-0.39, 0.29) is 24.3 Å². The molecular weight excluding hydrogens is 332 g/mol. The number of ether oxygens (including phenoxy) is 1. The van der Waals surface area contributed by atoms with Gasteiger partial charge in [-0.2, -0.15) is 0 Å². The van der Waals surface area contributed by atoms with Gasteiger partial charge in [0.1, 0.15) is 5.75 Å². The molecule has 144 valence electrons. The highest BCUT2D eigenvalue weighted by atomic mass is 16.5. The molecule has 1 aliphatic heterocycles. The Morgan fingerprint density at radius 1 is 1.19 bits per heavy atom. The molecule has 2 rings (SSSR count). The molecular formula is C19H30N4O3. The van der Waals surface area contributed by atoms with E-state index in [1.165, 1.54) is 0 Å². The fourth-order valence-corrected chi connectivity index (χ4v) is 2.89. The van der Waals surface area contributed by atoms with Crippen LogP contribution in [0, 0.1) is 5.92 Å². The molecule has 1 heterocycles. The smallest absolute Gasteiger partial charge is 0.242 e. The Labute approximate surface area is 155 Å². The van der Waals surface area contributed by atoms with E-state index in [4.69, 9.17) is 10.5 Å². The van der Waals surface area contributed by atoms with E-state index in [0.29, 0.717) is 19.7 Å². The van der Waals surface area contributed by atoms with E-state index < -0.39 is 6.04 Å². The fourth-order valence-electron chi connectivity index (χ4n) is 2.89. The molecule has 1 aromatic rings. The molecule has 0 saturated carbocycles. The molecule has 0 spiro atoms. The molecule has 0 bridgehead atoms. The molecule has 1 aromatic carbocycles. The zero-order valence-corrected chi connectivity index (χ0v) is 15.9. The van der Waals surface area contributed by atoms with Crippen LogP contribution >= 0.6 is 0 Å². The number of piperazine rings is 1. The van der Waals surface area contributed by atoms with Crippen LogP contribution in [0.2, 0.25) is 0 Å². The number of hydrogen-bond acceptors (Lipinski definition) is 5. The predicted molar refractivity (Wildman–Crippen MR) is 102 cm³/mol. The number of benzene rings is 1. The summed E-state index contributed by atoms with van der Waals surface area (Å²) in [6, 6.07) is 7.36. The van der Waals surface area contributed by atoms with E-state index in [1.54, 1.807) is 4.90 Å². The van der Waals surface area contributed by atoms with Gasteiger partial charge in [0.25, 0.3) is 0 Å². The van der Waals surface area contributed by atoms with Gasteiger partial charge in [-0.15, -0.1) is 0 Å². The van der Waals surface area contributed by atoms with Crippen molar-refractivity contribution in [3.05, 3.63) is 24.3 Å². The summed E-state index contributed by atoms with van der Waals surface area (Å²) in [4.78, 5) is 28.2. The van der Waals surface area contributed by atoms with Crippen molar-refractivity contribution in [1.82, 2.24) is 10.2 Å². The van der Waals surface area contributed by atoms with Crippen LogP contribution in [-0.4, -0.2) is 62.1 Å². The Kier molecular flexibility index (Phi) is 7.26. The van der Waals surface area contributed by atoms with Crippen molar-refractivity contribution in [3.8, 4) is 5.75 Å². The van der Waals surface area contributed by atoms with Crippen LogP contribution in [0.4, 0.5) is 5.69 Å². The largest absolute Gasteiger partial charge is 0.492 e. The number of rotatable bonds is 7. The van der Waals surface area contributed by atoms with Crippen molar-refractivity contribution < 1.29 is 14.3 Å². The molecule has 7 nitrogen and oxygen atoms in total. The minimum Gasteiger partial charge on any atom is -0.492 e. The third-order valence-corrected chi connectivity index (χ3v) is 4.57. The van der Waals surface area contributed by atoms with Crippen molar-refractivity contribution in [2.75, 3.05) is 44.2 Å². The number of nitrogens with zero attached hydrogens (tertiary/aromatic N) is 2. The Morgan fingerprint density at radius 3 is 2.46 bits per heavy atom. The first-order chi connectivity index (χ1) is 12.4. The maximum Gasteiger partial charge on any atom is 0.242 e. The Balaban J connectivity index is 1.84. The molecule has 0 aliphatic carbocycles. The Bertz CT molecular complexity index is 613. The highest BCUT2D eigenvalue weighted by Gasteiger charge is 2.24. The summed E-state index contributed by atoms with van der Waals surface area (Å²) >= 11 is 0. The van der Waals surface area contributed by atoms with Gasteiger partial charge in [-0.1, -0.05) is 26.0 Å². The summed E-state index contributed by atoms with van der Waals surface area (Å²) < 4.78 is 5.69. The van der Waals surface area contributed by atoms with Crippen LogP contribution in [0.25, 0.3) is 0 Å². The summed E-state index contributed by atoms with van der Waals surface area (Å²) in [7, 11) is 0. The van der Waals surface area contributed by atoms with Crippen LogP contribution in [0.5, 0.6) is 5.75 Å². The van der Waals surface area contributed by atoms with E-state index in [0.717, 1.165) is 24.5 Å². The monoisotopic (exact) mass is 362 g/mol.